The molecule has 0 saturated carbocycles. The number of hydrazine groups is 2. The Morgan fingerprint density at radius 2 is 1.89 bits per heavy atom. The highest BCUT2D eigenvalue weighted by Crippen LogP contribution is 2.31. The van der Waals surface area contributed by atoms with Gasteiger partial charge in [0.05, 0.1) is 11.4 Å². The van der Waals surface area contributed by atoms with Gasteiger partial charge in [-0.2, -0.15) is 0 Å². The van der Waals surface area contributed by atoms with Gasteiger partial charge in [0.2, 0.25) is 0 Å². The van der Waals surface area contributed by atoms with E-state index < -0.39 is 5.97 Å². The minimum Gasteiger partial charge on any atom is -0.476 e. The number of hydrogen-bond acceptors (Lipinski definition) is 4. The summed E-state index contributed by atoms with van der Waals surface area (Å²) in [5, 5.41) is 13.6. The van der Waals surface area contributed by atoms with Crippen molar-refractivity contribution in [2.45, 2.75) is 13.8 Å². The van der Waals surface area contributed by atoms with Crippen LogP contribution in [0.25, 0.3) is 0 Å². The number of anilines is 1. The third kappa shape index (κ3) is 2.63. The molecule has 0 radical (unpaired) electrons. The Labute approximate surface area is 120 Å². The Balaban J connectivity index is 2.48. The number of benzene rings is 1. The summed E-state index contributed by atoms with van der Waals surface area (Å²) in [6.45, 7) is 4.21. The molecule has 2 N–H and O–H groups in total. The van der Waals surface area contributed by atoms with Crippen molar-refractivity contribution in [2.24, 2.45) is 0 Å². The number of aliphatic carboxylic acids is 1. The van der Waals surface area contributed by atoms with E-state index in [2.05, 4.69) is 5.43 Å². The van der Waals surface area contributed by atoms with Gasteiger partial charge in [-0.3, -0.25) is 10.4 Å². The van der Waals surface area contributed by atoms with E-state index in [0.717, 1.165) is 0 Å². The van der Waals surface area contributed by atoms with Gasteiger partial charge in [-0.25, -0.2) is 4.79 Å². The smallest absolute Gasteiger partial charge is 0.355 e. The largest absolute Gasteiger partial charge is 0.476 e. The zero-order valence-corrected chi connectivity index (χ0v) is 12.0. The average Bonchev–Trinajstić information content (AvgIpc) is 2.65. The first-order valence-electron chi connectivity index (χ1n) is 5.68. The van der Waals surface area contributed by atoms with E-state index in [9.17, 15) is 4.79 Å². The normalized spacial score (nSPS) is 15.9. The maximum atomic E-state index is 11.2. The molecule has 2 rings (SSSR count). The first-order valence-corrected chi connectivity index (χ1v) is 6.44. The maximum absolute atomic E-state index is 11.2. The zero-order valence-electron chi connectivity index (χ0n) is 10.4. The summed E-state index contributed by atoms with van der Waals surface area (Å²) >= 11 is 12.0. The summed E-state index contributed by atoms with van der Waals surface area (Å²) in [6.07, 6.45) is 0. The molecule has 0 amide bonds. The second-order valence-electron chi connectivity index (χ2n) is 4.03. The average molecular weight is 302 g/mol. The van der Waals surface area contributed by atoms with Crippen LogP contribution in [0.4, 0.5) is 5.69 Å². The monoisotopic (exact) mass is 301 g/mol. The standard InChI is InChI=1S/C12H13Cl2N3O2/c1-3-16-15-11(12(18)19)7(2)17(16)10-5-8(13)4-9(14)6-10/h4-6,15H,3H2,1-2H3,(H,18,19). The van der Waals surface area contributed by atoms with Crippen molar-refractivity contribution in [3.8, 4) is 0 Å². The van der Waals surface area contributed by atoms with Gasteiger partial charge in [-0.15, -0.1) is 5.12 Å². The topological polar surface area (TPSA) is 55.8 Å². The number of carboxylic acids is 1. The lowest BCUT2D eigenvalue weighted by molar-refractivity contribution is -0.133. The van der Waals surface area contributed by atoms with Gasteiger partial charge in [0.25, 0.3) is 0 Å². The van der Waals surface area contributed by atoms with Crippen LogP contribution in [0.2, 0.25) is 10.0 Å². The molecule has 0 aromatic heterocycles. The molecule has 5 nitrogen and oxygen atoms in total. The summed E-state index contributed by atoms with van der Waals surface area (Å²) in [5.74, 6) is -1.01. The molecule has 1 heterocycles. The van der Waals surface area contributed by atoms with Crippen LogP contribution in [-0.2, 0) is 4.79 Å². The molecule has 0 fully saturated rings. The van der Waals surface area contributed by atoms with E-state index in [4.69, 9.17) is 28.3 Å². The zero-order chi connectivity index (χ0) is 14.2. The molecule has 19 heavy (non-hydrogen) atoms. The second kappa shape index (κ2) is 5.28. The Kier molecular flexibility index (Phi) is 3.89. The molecule has 0 saturated heterocycles. The van der Waals surface area contributed by atoms with Crippen LogP contribution in [0.1, 0.15) is 13.8 Å². The van der Waals surface area contributed by atoms with Crippen LogP contribution < -0.4 is 10.4 Å². The molecular weight excluding hydrogens is 289 g/mol. The van der Waals surface area contributed by atoms with Crippen LogP contribution in [-0.4, -0.2) is 22.7 Å². The molecule has 0 unspecified atom stereocenters. The fourth-order valence-electron chi connectivity index (χ4n) is 1.96. The minimum absolute atomic E-state index is 0.137. The highest BCUT2D eigenvalue weighted by molar-refractivity contribution is 6.35. The Morgan fingerprint density at radius 1 is 1.32 bits per heavy atom. The molecular formula is C12H13Cl2N3O2. The summed E-state index contributed by atoms with van der Waals surface area (Å²) in [7, 11) is 0. The molecule has 0 spiro atoms. The van der Waals surface area contributed by atoms with Crippen LogP contribution in [0.15, 0.2) is 29.6 Å². The molecule has 0 aliphatic carbocycles. The molecule has 102 valence electrons. The Bertz CT molecular complexity index is 540. The maximum Gasteiger partial charge on any atom is 0.355 e. The van der Waals surface area contributed by atoms with Crippen LogP contribution >= 0.6 is 23.2 Å². The quantitative estimate of drug-likeness (QED) is 0.899. The number of carbonyl (C=O) groups is 1. The molecule has 1 aromatic carbocycles. The molecule has 1 aliphatic heterocycles. The van der Waals surface area contributed by atoms with Gasteiger partial charge in [0.15, 0.2) is 5.70 Å². The van der Waals surface area contributed by atoms with Gasteiger partial charge >= 0.3 is 5.97 Å². The Morgan fingerprint density at radius 3 is 2.37 bits per heavy atom. The Hall–Kier alpha value is -1.43. The van der Waals surface area contributed by atoms with Crippen molar-refractivity contribution in [1.29, 1.82) is 0 Å². The van der Waals surface area contributed by atoms with Gasteiger partial charge in [-0.1, -0.05) is 23.2 Å². The number of hydrogen-bond donors (Lipinski definition) is 2. The number of allylic oxidation sites excluding steroid dienone is 1. The predicted octanol–water partition coefficient (Wildman–Crippen LogP) is 2.87. The molecule has 1 aliphatic rings. The minimum atomic E-state index is -1.01. The molecule has 7 heteroatoms. The van der Waals surface area contributed by atoms with E-state index >= 15 is 0 Å². The fraction of sp³-hybridized carbons (Fsp3) is 0.250. The fourth-order valence-corrected chi connectivity index (χ4v) is 2.48. The second-order valence-corrected chi connectivity index (χ2v) is 4.91. The van der Waals surface area contributed by atoms with Gasteiger partial charge < -0.3 is 5.11 Å². The number of nitrogens with one attached hydrogen (secondary N) is 1. The SMILES string of the molecule is CCN1NC(C(=O)O)=C(C)N1c1cc(Cl)cc(Cl)c1. The van der Waals surface area contributed by atoms with Crippen molar-refractivity contribution >= 4 is 34.9 Å². The van der Waals surface area contributed by atoms with Crippen molar-refractivity contribution in [1.82, 2.24) is 10.5 Å². The van der Waals surface area contributed by atoms with Gasteiger partial charge in [-0.05, 0) is 32.0 Å². The number of rotatable bonds is 3. The summed E-state index contributed by atoms with van der Waals surface area (Å²) in [4.78, 5) is 11.2. The number of nitrogens with zero attached hydrogens (tertiary/aromatic N) is 2. The number of carboxylic acid groups (broad SMARTS) is 1. The van der Waals surface area contributed by atoms with Crippen molar-refractivity contribution in [3.63, 3.8) is 0 Å². The molecule has 0 bridgehead atoms. The lowest BCUT2D eigenvalue weighted by Gasteiger charge is -2.29. The van der Waals surface area contributed by atoms with Crippen molar-refractivity contribution in [2.75, 3.05) is 11.6 Å². The molecule has 1 aromatic rings. The first-order chi connectivity index (χ1) is 8.93. The van der Waals surface area contributed by atoms with Crippen molar-refractivity contribution < 1.29 is 9.90 Å². The first kappa shape index (κ1) is 14.0. The van der Waals surface area contributed by atoms with Crippen LogP contribution in [0, 0.1) is 0 Å². The van der Waals surface area contributed by atoms with Crippen molar-refractivity contribution in [3.05, 3.63) is 39.6 Å². The number of halogens is 2. The third-order valence-electron chi connectivity index (χ3n) is 2.77. The van der Waals surface area contributed by atoms with Crippen LogP contribution in [0.3, 0.4) is 0 Å². The summed E-state index contributed by atoms with van der Waals surface area (Å²) < 4.78 is 0. The van der Waals surface area contributed by atoms with E-state index in [-0.39, 0.29) is 5.70 Å². The van der Waals surface area contributed by atoms with Gasteiger partial charge in [0.1, 0.15) is 0 Å². The van der Waals surface area contributed by atoms with E-state index in [0.29, 0.717) is 28.0 Å². The van der Waals surface area contributed by atoms with E-state index in [1.165, 1.54) is 0 Å². The van der Waals surface area contributed by atoms with Gasteiger partial charge in [0, 0.05) is 16.6 Å². The summed E-state index contributed by atoms with van der Waals surface area (Å²) in [6, 6.07) is 5.09. The molecule has 0 atom stereocenters. The lowest BCUT2D eigenvalue weighted by Crippen LogP contribution is -2.43. The lowest BCUT2D eigenvalue weighted by atomic mass is 10.2. The van der Waals surface area contributed by atoms with Crippen LogP contribution in [0.5, 0.6) is 0 Å². The highest BCUT2D eigenvalue weighted by atomic mass is 35.5. The van der Waals surface area contributed by atoms with E-state index in [1.54, 1.807) is 35.2 Å². The predicted molar refractivity (Wildman–Crippen MR) is 74.8 cm³/mol. The highest BCUT2D eigenvalue weighted by Gasteiger charge is 2.30. The third-order valence-corrected chi connectivity index (χ3v) is 3.20. The summed E-state index contributed by atoms with van der Waals surface area (Å²) in [5.41, 5.74) is 4.25. The van der Waals surface area contributed by atoms with E-state index in [1.807, 2.05) is 6.92 Å².